The molecule has 4 saturated heterocycles. The summed E-state index contributed by atoms with van der Waals surface area (Å²) >= 11 is 1.42. The molecule has 6 bridgehead atoms. The number of esters is 1. The highest BCUT2D eigenvalue weighted by Gasteiger charge is 2.44. The van der Waals surface area contributed by atoms with Crippen molar-refractivity contribution >= 4 is 52.0 Å². The Kier molecular flexibility index (Phi) is 16.2. The monoisotopic (exact) mass is 1050 g/mol. The van der Waals surface area contributed by atoms with Crippen LogP contribution in [-0.4, -0.2) is 160 Å². The third-order valence-electron chi connectivity index (χ3n) is 16.7. The molecule has 1 aromatic carbocycles. The number of likely N-dealkylation sites (tertiary alicyclic amines) is 3. The molecule has 5 atom stereocenters. The van der Waals surface area contributed by atoms with Gasteiger partial charge in [0.15, 0.2) is 0 Å². The number of pyridine rings is 1. The van der Waals surface area contributed by atoms with Gasteiger partial charge < -0.3 is 34.1 Å². The number of hydrogen-bond donors (Lipinski definition) is 2. The van der Waals surface area contributed by atoms with Crippen LogP contribution < -0.4 is 10.7 Å². The number of aryl methyl sites for hydroxylation is 1. The summed E-state index contributed by atoms with van der Waals surface area (Å²) in [5.74, 6) is -1.54. The molecule has 404 valence electrons. The van der Waals surface area contributed by atoms with Crippen LogP contribution in [-0.2, 0) is 48.0 Å². The molecule has 0 unspecified atom stereocenters. The summed E-state index contributed by atoms with van der Waals surface area (Å²) in [5, 5.41) is 8.24. The number of carbonyl (C=O) groups is 5. The van der Waals surface area contributed by atoms with Crippen LogP contribution in [0.5, 0.6) is 0 Å². The molecule has 8 heterocycles. The number of ether oxygens (including phenoxy) is 2. The SMILES string of the molecule is CCn1c(-c2cccnc2[C@H](C)OC)c2c3cc(ccc31)-c1csc(n1)C[C@H](NC(=O)[C@H](C(C)C)N(C)C(=O)N1CCC3(CCN(C(=O)/C=C/[C@@H]4CCCN4C)C3)CC1)C(=O)N1CCC[C@H](N1)C(=O)OCC(C)(C)C2. The van der Waals surface area contributed by atoms with E-state index in [1.54, 1.807) is 26.4 Å². The minimum absolute atomic E-state index is 0.0421. The largest absolute Gasteiger partial charge is 0.464 e. The Labute approximate surface area is 446 Å². The van der Waals surface area contributed by atoms with Crippen molar-refractivity contribution in [3.05, 3.63) is 70.3 Å². The van der Waals surface area contributed by atoms with Crippen molar-refractivity contribution in [3.63, 3.8) is 0 Å². The molecular weight excluding hydrogens is 969 g/mol. The minimum Gasteiger partial charge on any atom is -0.464 e. The number of rotatable bonds is 10. The van der Waals surface area contributed by atoms with Gasteiger partial charge in [-0.1, -0.05) is 39.8 Å². The zero-order valence-electron chi connectivity index (χ0n) is 45.5. The normalized spacial score (nSPS) is 23.2. The summed E-state index contributed by atoms with van der Waals surface area (Å²) < 4.78 is 14.3. The quantitative estimate of drug-likeness (QED) is 0.121. The van der Waals surface area contributed by atoms with Gasteiger partial charge in [0.25, 0.3) is 5.91 Å². The zero-order valence-corrected chi connectivity index (χ0v) is 46.3. The number of hydrogen-bond acceptors (Lipinski definition) is 12. The van der Waals surface area contributed by atoms with Gasteiger partial charge in [-0.05, 0) is 120 Å². The van der Waals surface area contributed by atoms with E-state index in [0.29, 0.717) is 69.6 Å². The summed E-state index contributed by atoms with van der Waals surface area (Å²) in [6, 6.07) is 7.78. The zero-order chi connectivity index (χ0) is 53.3. The fourth-order valence-electron chi connectivity index (χ4n) is 12.3. The maximum Gasteiger partial charge on any atom is 0.324 e. The van der Waals surface area contributed by atoms with Gasteiger partial charge in [0.1, 0.15) is 18.1 Å². The maximum atomic E-state index is 14.8. The molecular formula is C57H78N10O7S. The molecule has 1 spiro atoms. The molecule has 2 N–H and O–H groups in total. The lowest BCUT2D eigenvalue weighted by molar-refractivity contribution is -0.155. The molecule has 75 heavy (non-hydrogen) atoms. The second-order valence-electron chi connectivity index (χ2n) is 22.9. The number of amides is 5. The van der Waals surface area contributed by atoms with Crippen molar-refractivity contribution in [1.82, 2.24) is 49.9 Å². The van der Waals surface area contributed by atoms with Crippen molar-refractivity contribution in [1.29, 1.82) is 0 Å². The van der Waals surface area contributed by atoms with E-state index in [-0.39, 0.29) is 42.4 Å². The summed E-state index contributed by atoms with van der Waals surface area (Å²) in [5.41, 5.74) is 9.31. The molecule has 5 aliphatic rings. The predicted molar refractivity (Wildman–Crippen MR) is 290 cm³/mol. The molecule has 0 saturated carbocycles. The van der Waals surface area contributed by atoms with Crippen LogP contribution >= 0.6 is 11.3 Å². The number of carbonyl (C=O) groups excluding carboxylic acids is 5. The Bertz CT molecular complexity index is 2800. The number of fused-ring (bicyclic) bond motifs is 6. The first-order chi connectivity index (χ1) is 35.9. The first-order valence-electron chi connectivity index (χ1n) is 27.2. The van der Waals surface area contributed by atoms with Crippen molar-refractivity contribution in [2.24, 2.45) is 16.7 Å². The van der Waals surface area contributed by atoms with E-state index in [1.807, 2.05) is 48.1 Å². The summed E-state index contributed by atoms with van der Waals surface area (Å²) in [7, 11) is 5.46. The van der Waals surface area contributed by atoms with E-state index in [0.717, 1.165) is 83.3 Å². The summed E-state index contributed by atoms with van der Waals surface area (Å²) in [6.07, 6.45) is 11.7. The van der Waals surface area contributed by atoms with Gasteiger partial charge >= 0.3 is 12.0 Å². The Morgan fingerprint density at radius 3 is 2.48 bits per heavy atom. The van der Waals surface area contributed by atoms with Crippen LogP contribution in [0.2, 0.25) is 0 Å². The predicted octanol–water partition coefficient (Wildman–Crippen LogP) is 7.24. The number of nitrogens with zero attached hydrogens (tertiary/aromatic N) is 8. The van der Waals surface area contributed by atoms with E-state index >= 15 is 0 Å². The molecule has 4 fully saturated rings. The van der Waals surface area contributed by atoms with E-state index < -0.39 is 41.3 Å². The third-order valence-corrected chi connectivity index (χ3v) is 17.5. The number of likely N-dealkylation sites (N-methyl/N-ethyl adjacent to an activating group) is 2. The molecule has 0 aliphatic carbocycles. The number of piperidine rings is 1. The first kappa shape index (κ1) is 54.1. The second kappa shape index (κ2) is 22.5. The van der Waals surface area contributed by atoms with Gasteiger partial charge in [0.2, 0.25) is 11.8 Å². The minimum atomic E-state index is -1.07. The molecule has 3 aromatic heterocycles. The van der Waals surface area contributed by atoms with Gasteiger partial charge in [-0.2, -0.15) is 0 Å². The van der Waals surface area contributed by atoms with E-state index in [2.05, 4.69) is 72.3 Å². The van der Waals surface area contributed by atoms with Gasteiger partial charge in [0.05, 0.1) is 34.8 Å². The number of cyclic esters (lactones) is 1. The van der Waals surface area contributed by atoms with Crippen molar-refractivity contribution in [3.8, 4) is 22.5 Å². The number of urea groups is 1. The number of aromatic nitrogens is 3. The Balaban J connectivity index is 0.964. The molecule has 5 amide bonds. The number of nitrogens with one attached hydrogen (secondary N) is 2. The number of hydrazine groups is 1. The average Bonchev–Trinajstić information content (AvgIpc) is 4.24. The molecule has 0 radical (unpaired) electrons. The van der Waals surface area contributed by atoms with Gasteiger partial charge in [-0.25, -0.2) is 15.2 Å². The van der Waals surface area contributed by atoms with Crippen LogP contribution in [0.25, 0.3) is 33.4 Å². The molecule has 4 aromatic rings. The second-order valence-corrected chi connectivity index (χ2v) is 23.8. The van der Waals surface area contributed by atoms with E-state index in [9.17, 15) is 24.0 Å². The highest BCUT2D eigenvalue weighted by molar-refractivity contribution is 7.10. The van der Waals surface area contributed by atoms with Crippen molar-refractivity contribution < 1.29 is 33.4 Å². The Hall–Kier alpha value is -5.69. The van der Waals surface area contributed by atoms with Crippen molar-refractivity contribution in [2.75, 3.05) is 67.1 Å². The molecule has 17 nitrogen and oxygen atoms in total. The van der Waals surface area contributed by atoms with Gasteiger partial charge in [-0.3, -0.25) is 34.1 Å². The molecule has 5 aliphatic heterocycles. The summed E-state index contributed by atoms with van der Waals surface area (Å²) in [4.78, 5) is 88.7. The fraction of sp³-hybridized carbons (Fsp3) is 0.596. The van der Waals surface area contributed by atoms with Crippen molar-refractivity contribution in [2.45, 2.75) is 136 Å². The van der Waals surface area contributed by atoms with E-state index in [1.165, 1.54) is 21.2 Å². The highest BCUT2D eigenvalue weighted by Crippen LogP contribution is 2.43. The van der Waals surface area contributed by atoms with Gasteiger partial charge in [0, 0.05) is 111 Å². The lowest BCUT2D eigenvalue weighted by atomic mass is 9.78. The van der Waals surface area contributed by atoms with Gasteiger partial charge in [-0.15, -0.1) is 11.3 Å². The van der Waals surface area contributed by atoms with Crippen LogP contribution in [0.1, 0.15) is 109 Å². The van der Waals surface area contributed by atoms with Crippen LogP contribution in [0.3, 0.4) is 0 Å². The maximum absolute atomic E-state index is 14.8. The Morgan fingerprint density at radius 2 is 1.77 bits per heavy atom. The standard InChI is InChI=1S/C57H78N10O7S/c1-10-66-46-19-17-38-30-41(46)42(51(66)40-15-11-24-58-49(40)37(4)73-9)32-56(5,6)35-74-54(71)43-16-13-26-67(61-43)53(70)44(31-47-59-45(38)33-75-47)60-52(69)50(36(2)3)63(8)55(72)64-27-21-57(22-28-64)23-29-65(34-57)48(68)20-18-39-14-12-25-62(39)7/h11,15,17-20,24,30,33,36-37,39,43-44,50,61H,10,12-14,16,21-23,25-29,31-32,34-35H2,1-9H3,(H,60,69)/b20-18+/t37-,39-,43-,44-,50-/m0/s1. The number of methoxy groups -OCH3 is 1. The summed E-state index contributed by atoms with van der Waals surface area (Å²) in [6.45, 7) is 16.8. The smallest absolute Gasteiger partial charge is 0.324 e. The fourth-order valence-corrected chi connectivity index (χ4v) is 13.1. The highest BCUT2D eigenvalue weighted by atomic mass is 32.1. The first-order valence-corrected chi connectivity index (χ1v) is 28.1. The topological polar surface area (TPSA) is 175 Å². The average molecular weight is 1050 g/mol. The third kappa shape index (κ3) is 11.4. The van der Waals surface area contributed by atoms with Crippen LogP contribution in [0, 0.1) is 16.7 Å². The number of thiazole rings is 1. The number of benzene rings is 1. The molecule has 18 heteroatoms. The molecule has 9 rings (SSSR count). The van der Waals surface area contributed by atoms with E-state index in [4.69, 9.17) is 19.4 Å². The lowest BCUT2D eigenvalue weighted by Gasteiger charge is -2.42. The Morgan fingerprint density at radius 1 is 1.03 bits per heavy atom. The van der Waals surface area contributed by atoms with Crippen LogP contribution in [0.4, 0.5) is 4.79 Å². The van der Waals surface area contributed by atoms with Crippen LogP contribution in [0.15, 0.2) is 54.1 Å². The lowest BCUT2D eigenvalue weighted by Crippen LogP contribution is -2.62.